The minimum Gasteiger partial charge on any atom is -0.349 e. The number of hydrogen-bond donors (Lipinski definition) is 0. The van der Waals surface area contributed by atoms with Crippen LogP contribution < -0.4 is 4.90 Å². The van der Waals surface area contributed by atoms with E-state index >= 15 is 0 Å². The Bertz CT molecular complexity index is 627. The van der Waals surface area contributed by atoms with E-state index in [0.717, 1.165) is 30.9 Å². The standard InChI is InChI=1S/C16H18ClN3/c1-3-13-10-15(19-16(17)18-13)20-9-8-12-6-4-5-7-14(12)11(20)2/h4-7,10-11H,3,8-9H2,1-2H3. The van der Waals surface area contributed by atoms with Crippen LogP contribution in [0.25, 0.3) is 0 Å². The third kappa shape index (κ3) is 2.38. The molecule has 2 aromatic rings. The fourth-order valence-corrected chi connectivity index (χ4v) is 3.06. The Morgan fingerprint density at radius 1 is 1.30 bits per heavy atom. The number of aromatic nitrogens is 2. The maximum absolute atomic E-state index is 6.05. The largest absolute Gasteiger partial charge is 0.349 e. The van der Waals surface area contributed by atoms with Crippen molar-refractivity contribution in [2.45, 2.75) is 32.7 Å². The average Bonchev–Trinajstić information content (AvgIpc) is 2.47. The molecular weight excluding hydrogens is 270 g/mol. The zero-order valence-corrected chi connectivity index (χ0v) is 12.6. The lowest BCUT2D eigenvalue weighted by molar-refractivity contribution is 0.615. The lowest BCUT2D eigenvalue weighted by atomic mass is 9.93. The number of rotatable bonds is 2. The summed E-state index contributed by atoms with van der Waals surface area (Å²) >= 11 is 6.05. The van der Waals surface area contributed by atoms with Gasteiger partial charge in [0.1, 0.15) is 5.82 Å². The molecule has 104 valence electrons. The molecule has 20 heavy (non-hydrogen) atoms. The van der Waals surface area contributed by atoms with Crippen molar-refractivity contribution in [3.63, 3.8) is 0 Å². The number of hydrogen-bond acceptors (Lipinski definition) is 3. The van der Waals surface area contributed by atoms with Crippen LogP contribution in [0.5, 0.6) is 0 Å². The van der Waals surface area contributed by atoms with Crippen LogP contribution in [0.2, 0.25) is 5.28 Å². The second kappa shape index (κ2) is 5.41. The Kier molecular flexibility index (Phi) is 3.62. The van der Waals surface area contributed by atoms with E-state index in [1.54, 1.807) is 0 Å². The van der Waals surface area contributed by atoms with Crippen molar-refractivity contribution in [3.05, 3.63) is 52.4 Å². The van der Waals surface area contributed by atoms with Crippen LogP contribution in [0.15, 0.2) is 30.3 Å². The van der Waals surface area contributed by atoms with Crippen molar-refractivity contribution in [3.8, 4) is 0 Å². The first-order valence-corrected chi connectivity index (χ1v) is 7.44. The number of halogens is 1. The molecule has 0 bridgehead atoms. The Balaban J connectivity index is 1.98. The van der Waals surface area contributed by atoms with Gasteiger partial charge in [0.25, 0.3) is 0 Å². The van der Waals surface area contributed by atoms with E-state index in [1.165, 1.54) is 11.1 Å². The van der Waals surface area contributed by atoms with Gasteiger partial charge < -0.3 is 4.90 Å². The van der Waals surface area contributed by atoms with E-state index in [1.807, 2.05) is 0 Å². The molecule has 0 fully saturated rings. The van der Waals surface area contributed by atoms with Gasteiger partial charge in [-0.2, -0.15) is 0 Å². The highest BCUT2D eigenvalue weighted by Crippen LogP contribution is 2.32. The predicted octanol–water partition coefficient (Wildman–Crippen LogP) is 3.82. The summed E-state index contributed by atoms with van der Waals surface area (Å²) < 4.78 is 0. The van der Waals surface area contributed by atoms with Crippen molar-refractivity contribution in [2.24, 2.45) is 0 Å². The monoisotopic (exact) mass is 287 g/mol. The Labute approximate surface area is 124 Å². The molecule has 0 saturated carbocycles. The van der Waals surface area contributed by atoms with Crippen molar-refractivity contribution in [2.75, 3.05) is 11.4 Å². The summed E-state index contributed by atoms with van der Waals surface area (Å²) in [4.78, 5) is 11.0. The first-order valence-electron chi connectivity index (χ1n) is 7.07. The summed E-state index contributed by atoms with van der Waals surface area (Å²) in [5, 5.41) is 0.338. The molecule has 1 atom stereocenters. The molecule has 1 unspecified atom stereocenters. The van der Waals surface area contributed by atoms with Gasteiger partial charge in [0.05, 0.1) is 6.04 Å². The molecule has 4 heteroatoms. The average molecular weight is 288 g/mol. The van der Waals surface area contributed by atoms with E-state index in [0.29, 0.717) is 11.3 Å². The predicted molar refractivity (Wildman–Crippen MR) is 82.3 cm³/mol. The molecule has 0 saturated heterocycles. The quantitative estimate of drug-likeness (QED) is 0.787. The lowest BCUT2D eigenvalue weighted by Crippen LogP contribution is -2.34. The van der Waals surface area contributed by atoms with Crippen LogP contribution in [0.3, 0.4) is 0 Å². The highest BCUT2D eigenvalue weighted by molar-refractivity contribution is 6.28. The van der Waals surface area contributed by atoms with Crippen LogP contribution in [0.4, 0.5) is 5.82 Å². The Morgan fingerprint density at radius 3 is 2.90 bits per heavy atom. The van der Waals surface area contributed by atoms with Gasteiger partial charge in [0.2, 0.25) is 5.28 Å². The number of nitrogens with zero attached hydrogens (tertiary/aromatic N) is 3. The smallest absolute Gasteiger partial charge is 0.224 e. The zero-order chi connectivity index (χ0) is 14.1. The molecular formula is C16H18ClN3. The van der Waals surface area contributed by atoms with Crippen LogP contribution in [0, 0.1) is 0 Å². The van der Waals surface area contributed by atoms with Gasteiger partial charge >= 0.3 is 0 Å². The third-order valence-corrected chi connectivity index (χ3v) is 4.16. The van der Waals surface area contributed by atoms with Gasteiger partial charge in [0.15, 0.2) is 0 Å². The summed E-state index contributed by atoms with van der Waals surface area (Å²) in [7, 11) is 0. The first kappa shape index (κ1) is 13.4. The molecule has 0 spiro atoms. The van der Waals surface area contributed by atoms with Gasteiger partial charge in [-0.05, 0) is 42.5 Å². The molecule has 1 aliphatic rings. The second-order valence-electron chi connectivity index (χ2n) is 5.16. The molecule has 0 amide bonds. The van der Waals surface area contributed by atoms with E-state index in [-0.39, 0.29) is 0 Å². The third-order valence-electron chi connectivity index (χ3n) is 3.99. The van der Waals surface area contributed by atoms with Gasteiger partial charge in [-0.3, -0.25) is 0 Å². The minimum absolute atomic E-state index is 0.315. The zero-order valence-electron chi connectivity index (χ0n) is 11.8. The van der Waals surface area contributed by atoms with Gasteiger partial charge in [0, 0.05) is 18.3 Å². The highest BCUT2D eigenvalue weighted by atomic mass is 35.5. The van der Waals surface area contributed by atoms with Gasteiger partial charge in [-0.25, -0.2) is 9.97 Å². The molecule has 1 aromatic carbocycles. The molecule has 3 nitrogen and oxygen atoms in total. The Hall–Kier alpha value is -1.61. The summed E-state index contributed by atoms with van der Waals surface area (Å²) in [6.07, 6.45) is 1.91. The maximum Gasteiger partial charge on any atom is 0.224 e. The summed E-state index contributed by atoms with van der Waals surface area (Å²) in [5.74, 6) is 0.934. The fraction of sp³-hybridized carbons (Fsp3) is 0.375. The molecule has 1 aromatic heterocycles. The number of benzene rings is 1. The molecule has 2 heterocycles. The highest BCUT2D eigenvalue weighted by Gasteiger charge is 2.25. The summed E-state index contributed by atoms with van der Waals surface area (Å²) in [5.41, 5.74) is 3.81. The van der Waals surface area contributed by atoms with Gasteiger partial charge in [-0.15, -0.1) is 0 Å². The fourth-order valence-electron chi connectivity index (χ4n) is 2.86. The van der Waals surface area contributed by atoms with E-state index in [4.69, 9.17) is 11.6 Å². The van der Waals surface area contributed by atoms with Crippen LogP contribution in [-0.2, 0) is 12.8 Å². The van der Waals surface area contributed by atoms with Crippen LogP contribution in [0.1, 0.15) is 36.7 Å². The van der Waals surface area contributed by atoms with E-state index < -0.39 is 0 Å². The van der Waals surface area contributed by atoms with Gasteiger partial charge in [-0.1, -0.05) is 31.2 Å². The number of anilines is 1. The van der Waals surface area contributed by atoms with Crippen molar-refractivity contribution in [1.82, 2.24) is 9.97 Å². The van der Waals surface area contributed by atoms with Crippen LogP contribution >= 0.6 is 11.6 Å². The summed E-state index contributed by atoms with van der Waals surface area (Å²) in [6, 6.07) is 11.0. The lowest BCUT2D eigenvalue weighted by Gasteiger charge is -2.36. The Morgan fingerprint density at radius 2 is 2.10 bits per heavy atom. The topological polar surface area (TPSA) is 29.0 Å². The number of fused-ring (bicyclic) bond motifs is 1. The van der Waals surface area contributed by atoms with Crippen LogP contribution in [-0.4, -0.2) is 16.5 Å². The van der Waals surface area contributed by atoms with Crippen molar-refractivity contribution >= 4 is 17.4 Å². The van der Waals surface area contributed by atoms with E-state index in [2.05, 4.69) is 59.0 Å². The first-order chi connectivity index (χ1) is 9.69. The molecule has 0 aliphatic carbocycles. The minimum atomic E-state index is 0.315. The van der Waals surface area contributed by atoms with Crippen molar-refractivity contribution in [1.29, 1.82) is 0 Å². The van der Waals surface area contributed by atoms with Crippen molar-refractivity contribution < 1.29 is 0 Å². The molecule has 1 aliphatic heterocycles. The normalized spacial score (nSPS) is 17.9. The SMILES string of the molecule is CCc1cc(N2CCc3ccccc3C2C)nc(Cl)n1. The second-order valence-corrected chi connectivity index (χ2v) is 5.50. The maximum atomic E-state index is 6.05. The molecule has 0 radical (unpaired) electrons. The van der Waals surface area contributed by atoms with E-state index in [9.17, 15) is 0 Å². The number of aryl methyl sites for hydroxylation is 1. The molecule has 3 rings (SSSR count). The summed E-state index contributed by atoms with van der Waals surface area (Å²) in [6.45, 7) is 5.27. The molecule has 0 N–H and O–H groups in total.